The van der Waals surface area contributed by atoms with Crippen LogP contribution < -0.4 is 14.8 Å². The molecule has 0 saturated carbocycles. The fraction of sp³-hybridized carbons (Fsp3) is 0.294. The van der Waals surface area contributed by atoms with Gasteiger partial charge in [0.15, 0.2) is 18.1 Å². The molecule has 7 nitrogen and oxygen atoms in total. The van der Waals surface area contributed by atoms with Gasteiger partial charge in [0.05, 0.1) is 26.5 Å². The molecule has 1 N–H and O–H groups in total. The van der Waals surface area contributed by atoms with Gasteiger partial charge < -0.3 is 23.9 Å². The summed E-state index contributed by atoms with van der Waals surface area (Å²) in [5, 5.41) is 2.67. The van der Waals surface area contributed by atoms with Crippen LogP contribution in [-0.2, 0) is 9.53 Å². The number of para-hydroxylation sites is 1. The zero-order valence-electron chi connectivity index (χ0n) is 13.7. The summed E-state index contributed by atoms with van der Waals surface area (Å²) in [6.45, 7) is 1.36. The first-order valence-electron chi connectivity index (χ1n) is 7.27. The van der Waals surface area contributed by atoms with Crippen LogP contribution >= 0.6 is 0 Å². The Balaban J connectivity index is 1.94. The quantitative estimate of drug-likeness (QED) is 0.783. The van der Waals surface area contributed by atoms with Crippen LogP contribution in [0.5, 0.6) is 11.5 Å². The zero-order chi connectivity index (χ0) is 17.5. The normalized spacial score (nSPS) is 11.5. The van der Waals surface area contributed by atoms with E-state index in [0.717, 1.165) is 0 Å². The summed E-state index contributed by atoms with van der Waals surface area (Å²) in [5.41, 5.74) is 0.184. The number of carbonyl (C=O) groups excluding carboxylic acids is 2. The third-order valence-electron chi connectivity index (χ3n) is 3.30. The summed E-state index contributed by atoms with van der Waals surface area (Å²) >= 11 is 0. The van der Waals surface area contributed by atoms with E-state index in [1.54, 1.807) is 31.2 Å². The van der Waals surface area contributed by atoms with Crippen LogP contribution in [-0.4, -0.2) is 32.7 Å². The molecule has 0 spiro atoms. The van der Waals surface area contributed by atoms with Crippen LogP contribution in [0.15, 0.2) is 41.0 Å². The van der Waals surface area contributed by atoms with Crippen LogP contribution in [0, 0.1) is 0 Å². The number of amides is 1. The van der Waals surface area contributed by atoms with Crippen molar-refractivity contribution < 1.29 is 28.2 Å². The molecule has 0 fully saturated rings. The first kappa shape index (κ1) is 17.4. The lowest BCUT2D eigenvalue weighted by Crippen LogP contribution is -2.31. The SMILES string of the molecule is COc1cccc(C(=O)OCC(=O)N[C@H](C)c2ccco2)c1OC. The molecule has 1 aromatic heterocycles. The van der Waals surface area contributed by atoms with Crippen molar-refractivity contribution in [2.75, 3.05) is 20.8 Å². The smallest absolute Gasteiger partial charge is 0.342 e. The van der Waals surface area contributed by atoms with Crippen LogP contribution in [0.2, 0.25) is 0 Å². The molecule has 2 rings (SSSR count). The monoisotopic (exact) mass is 333 g/mol. The van der Waals surface area contributed by atoms with E-state index < -0.39 is 18.5 Å². The van der Waals surface area contributed by atoms with Crippen molar-refractivity contribution in [3.63, 3.8) is 0 Å². The highest BCUT2D eigenvalue weighted by Gasteiger charge is 2.19. The van der Waals surface area contributed by atoms with E-state index in [2.05, 4.69) is 5.32 Å². The van der Waals surface area contributed by atoms with E-state index in [1.807, 2.05) is 0 Å². The van der Waals surface area contributed by atoms with Crippen molar-refractivity contribution >= 4 is 11.9 Å². The predicted octanol–water partition coefficient (Wildman–Crippen LogP) is 2.33. The molecule has 0 bridgehead atoms. The summed E-state index contributed by atoms with van der Waals surface area (Å²) in [5.74, 6) is 0.169. The second kappa shape index (κ2) is 8.05. The molecule has 0 saturated heterocycles. The zero-order valence-corrected chi connectivity index (χ0v) is 13.7. The molecule has 2 aromatic rings. The summed E-state index contributed by atoms with van der Waals surface area (Å²) in [6.07, 6.45) is 1.52. The lowest BCUT2D eigenvalue weighted by atomic mass is 10.2. The number of furan rings is 1. The van der Waals surface area contributed by atoms with Crippen molar-refractivity contribution in [1.82, 2.24) is 5.32 Å². The molecule has 1 heterocycles. The van der Waals surface area contributed by atoms with Crippen molar-refractivity contribution in [3.05, 3.63) is 47.9 Å². The van der Waals surface area contributed by atoms with Gasteiger partial charge >= 0.3 is 5.97 Å². The average Bonchev–Trinajstić information content (AvgIpc) is 3.13. The molecular weight excluding hydrogens is 314 g/mol. The minimum Gasteiger partial charge on any atom is -0.493 e. The highest BCUT2D eigenvalue weighted by molar-refractivity contribution is 5.95. The van der Waals surface area contributed by atoms with Crippen LogP contribution in [0.1, 0.15) is 29.1 Å². The Labute approximate surface area is 139 Å². The highest BCUT2D eigenvalue weighted by atomic mass is 16.5. The molecule has 24 heavy (non-hydrogen) atoms. The average molecular weight is 333 g/mol. The molecule has 0 unspecified atom stereocenters. The van der Waals surface area contributed by atoms with Gasteiger partial charge in [0.1, 0.15) is 11.3 Å². The number of carbonyl (C=O) groups is 2. The Hall–Kier alpha value is -2.96. The first-order valence-corrected chi connectivity index (χ1v) is 7.27. The van der Waals surface area contributed by atoms with Crippen LogP contribution in [0.25, 0.3) is 0 Å². The number of nitrogens with one attached hydrogen (secondary N) is 1. The Morgan fingerprint density at radius 3 is 2.58 bits per heavy atom. The van der Waals surface area contributed by atoms with Gasteiger partial charge in [0, 0.05) is 0 Å². The minimum absolute atomic E-state index is 0.184. The van der Waals surface area contributed by atoms with Gasteiger partial charge in [0.25, 0.3) is 5.91 Å². The Morgan fingerprint density at radius 1 is 1.17 bits per heavy atom. The molecule has 1 aromatic carbocycles. The molecule has 0 aliphatic carbocycles. The number of hydrogen-bond acceptors (Lipinski definition) is 6. The van der Waals surface area contributed by atoms with Crippen LogP contribution in [0.4, 0.5) is 0 Å². The standard InChI is InChI=1S/C17H19NO6/c1-11(13-8-5-9-23-13)18-15(19)10-24-17(20)12-6-4-7-14(21-2)16(12)22-3/h4-9,11H,10H2,1-3H3,(H,18,19)/t11-/m1/s1. The van der Waals surface area contributed by atoms with E-state index in [-0.39, 0.29) is 17.4 Å². The third-order valence-corrected chi connectivity index (χ3v) is 3.30. The van der Waals surface area contributed by atoms with E-state index in [0.29, 0.717) is 11.5 Å². The number of hydrogen-bond donors (Lipinski definition) is 1. The number of ether oxygens (including phenoxy) is 3. The van der Waals surface area contributed by atoms with Crippen molar-refractivity contribution in [1.29, 1.82) is 0 Å². The van der Waals surface area contributed by atoms with E-state index in [1.165, 1.54) is 26.5 Å². The molecule has 128 valence electrons. The van der Waals surface area contributed by atoms with E-state index >= 15 is 0 Å². The van der Waals surface area contributed by atoms with Gasteiger partial charge in [-0.25, -0.2) is 4.79 Å². The number of rotatable bonds is 7. The summed E-state index contributed by atoms with van der Waals surface area (Å²) in [7, 11) is 2.89. The number of methoxy groups -OCH3 is 2. The molecule has 1 amide bonds. The maximum atomic E-state index is 12.2. The van der Waals surface area contributed by atoms with Crippen molar-refractivity contribution in [2.24, 2.45) is 0 Å². The molecule has 0 radical (unpaired) electrons. The predicted molar refractivity (Wildman–Crippen MR) is 85.1 cm³/mol. The van der Waals surface area contributed by atoms with Gasteiger partial charge in [-0.3, -0.25) is 4.79 Å². The van der Waals surface area contributed by atoms with E-state index in [9.17, 15) is 9.59 Å². The first-order chi connectivity index (χ1) is 11.6. The minimum atomic E-state index is -0.674. The van der Waals surface area contributed by atoms with Crippen molar-refractivity contribution in [3.8, 4) is 11.5 Å². The lowest BCUT2D eigenvalue weighted by molar-refractivity contribution is -0.125. The fourth-order valence-electron chi connectivity index (χ4n) is 2.15. The molecule has 7 heteroatoms. The summed E-state index contributed by atoms with van der Waals surface area (Å²) in [4.78, 5) is 24.0. The Morgan fingerprint density at radius 2 is 1.96 bits per heavy atom. The number of esters is 1. The summed E-state index contributed by atoms with van der Waals surface area (Å²) in [6, 6.07) is 7.99. The van der Waals surface area contributed by atoms with E-state index in [4.69, 9.17) is 18.6 Å². The van der Waals surface area contributed by atoms with Crippen molar-refractivity contribution in [2.45, 2.75) is 13.0 Å². The maximum absolute atomic E-state index is 12.2. The fourth-order valence-corrected chi connectivity index (χ4v) is 2.15. The molecular formula is C17H19NO6. The topological polar surface area (TPSA) is 87.0 Å². The summed E-state index contributed by atoms with van der Waals surface area (Å²) < 4.78 is 20.5. The Bertz CT molecular complexity index is 695. The van der Waals surface area contributed by atoms with Gasteiger partial charge in [-0.1, -0.05) is 6.07 Å². The second-order valence-electron chi connectivity index (χ2n) is 4.92. The van der Waals surface area contributed by atoms with Gasteiger partial charge in [-0.05, 0) is 31.2 Å². The van der Waals surface area contributed by atoms with Gasteiger partial charge in [0.2, 0.25) is 0 Å². The maximum Gasteiger partial charge on any atom is 0.342 e. The highest BCUT2D eigenvalue weighted by Crippen LogP contribution is 2.31. The molecule has 0 aliphatic heterocycles. The molecule has 1 atom stereocenters. The second-order valence-corrected chi connectivity index (χ2v) is 4.92. The van der Waals surface area contributed by atoms with Gasteiger partial charge in [-0.2, -0.15) is 0 Å². The van der Waals surface area contributed by atoms with Crippen LogP contribution in [0.3, 0.4) is 0 Å². The Kier molecular flexibility index (Phi) is 5.83. The molecule has 0 aliphatic rings. The largest absolute Gasteiger partial charge is 0.493 e. The third kappa shape index (κ3) is 4.07. The van der Waals surface area contributed by atoms with Gasteiger partial charge in [-0.15, -0.1) is 0 Å². The number of benzene rings is 1. The lowest BCUT2D eigenvalue weighted by Gasteiger charge is -2.13.